The number of aliphatic hydroxyl groups is 2. The smallest absolute Gasteiger partial charge is 0.327 e. The van der Waals surface area contributed by atoms with Crippen molar-refractivity contribution in [3.05, 3.63) is 0 Å². The molecule has 0 spiro atoms. The van der Waals surface area contributed by atoms with E-state index in [1.807, 2.05) is 0 Å². The molecule has 0 aliphatic heterocycles. The summed E-state index contributed by atoms with van der Waals surface area (Å²) in [6.07, 6.45) is 1.33. The van der Waals surface area contributed by atoms with Gasteiger partial charge in [0, 0.05) is 11.5 Å². The van der Waals surface area contributed by atoms with E-state index in [1.54, 1.807) is 14.0 Å². The van der Waals surface area contributed by atoms with Crippen LogP contribution in [0.2, 0.25) is 0 Å². The van der Waals surface area contributed by atoms with Crippen molar-refractivity contribution in [1.29, 1.82) is 0 Å². The van der Waals surface area contributed by atoms with Crippen molar-refractivity contribution >= 4 is 17.7 Å². The van der Waals surface area contributed by atoms with Crippen LogP contribution in [0.1, 0.15) is 19.8 Å². The van der Waals surface area contributed by atoms with Crippen LogP contribution in [0.5, 0.6) is 0 Å². The third kappa shape index (κ3) is 3.85. The number of carbonyl (C=O) groups is 1. The van der Waals surface area contributed by atoms with Crippen LogP contribution >= 0.6 is 11.8 Å². The number of aliphatic hydroxyl groups excluding tert-OH is 2. The van der Waals surface area contributed by atoms with Gasteiger partial charge in [-0.05, 0) is 32.7 Å². The molecule has 2 unspecified atom stereocenters. The SMILES string of the molecule is CCOC(=O)C(CSCC(O)CO)(NC)C1CC1. The summed E-state index contributed by atoms with van der Waals surface area (Å²) >= 11 is 1.47. The second-order valence-electron chi connectivity index (χ2n) is 4.57. The van der Waals surface area contributed by atoms with Gasteiger partial charge in [0.1, 0.15) is 5.54 Å². The Morgan fingerprint density at radius 2 is 2.28 bits per heavy atom. The first-order valence-corrected chi connectivity index (χ1v) is 7.49. The second kappa shape index (κ2) is 7.33. The van der Waals surface area contributed by atoms with E-state index in [9.17, 15) is 9.90 Å². The zero-order valence-corrected chi connectivity index (χ0v) is 11.8. The predicted octanol–water partition coefficient (Wildman–Crippen LogP) is 0.00410. The summed E-state index contributed by atoms with van der Waals surface area (Å²) in [4.78, 5) is 12.1. The number of likely N-dealkylation sites (N-methyl/N-ethyl adjacent to an activating group) is 1. The summed E-state index contributed by atoms with van der Waals surface area (Å²) in [5, 5.41) is 21.2. The third-order valence-electron chi connectivity index (χ3n) is 3.21. The van der Waals surface area contributed by atoms with E-state index in [-0.39, 0.29) is 12.6 Å². The van der Waals surface area contributed by atoms with E-state index >= 15 is 0 Å². The maximum absolute atomic E-state index is 12.1. The monoisotopic (exact) mass is 277 g/mol. The van der Waals surface area contributed by atoms with Crippen LogP contribution in [0.25, 0.3) is 0 Å². The molecule has 0 aromatic carbocycles. The van der Waals surface area contributed by atoms with E-state index in [0.717, 1.165) is 12.8 Å². The minimum absolute atomic E-state index is 0.207. The van der Waals surface area contributed by atoms with Crippen LogP contribution in [0, 0.1) is 5.92 Å². The van der Waals surface area contributed by atoms with Gasteiger partial charge in [-0.3, -0.25) is 4.79 Å². The molecule has 0 heterocycles. The number of hydrogen-bond acceptors (Lipinski definition) is 6. The van der Waals surface area contributed by atoms with Crippen LogP contribution in [0.4, 0.5) is 0 Å². The van der Waals surface area contributed by atoms with E-state index in [2.05, 4.69) is 5.32 Å². The minimum atomic E-state index is -0.731. The Bertz CT molecular complexity index is 273. The minimum Gasteiger partial charge on any atom is -0.465 e. The molecular weight excluding hydrogens is 254 g/mol. The molecule has 1 aliphatic carbocycles. The molecule has 0 radical (unpaired) electrons. The molecule has 1 saturated carbocycles. The van der Waals surface area contributed by atoms with E-state index < -0.39 is 11.6 Å². The fourth-order valence-corrected chi connectivity index (χ4v) is 3.28. The van der Waals surface area contributed by atoms with Gasteiger partial charge >= 0.3 is 5.97 Å². The zero-order chi connectivity index (χ0) is 13.6. The molecule has 3 N–H and O–H groups in total. The number of esters is 1. The van der Waals surface area contributed by atoms with Crippen LogP contribution < -0.4 is 5.32 Å². The van der Waals surface area contributed by atoms with Crippen molar-refractivity contribution in [3.63, 3.8) is 0 Å². The molecular formula is C12H23NO4S. The highest BCUT2D eigenvalue weighted by molar-refractivity contribution is 7.99. The van der Waals surface area contributed by atoms with Crippen LogP contribution in [0.15, 0.2) is 0 Å². The van der Waals surface area contributed by atoms with Crippen molar-refractivity contribution in [2.45, 2.75) is 31.4 Å². The van der Waals surface area contributed by atoms with Crippen LogP contribution in [0.3, 0.4) is 0 Å². The van der Waals surface area contributed by atoms with Crippen molar-refractivity contribution in [1.82, 2.24) is 5.32 Å². The maximum atomic E-state index is 12.1. The first kappa shape index (κ1) is 15.8. The Hall–Kier alpha value is -0.300. The molecule has 0 saturated heterocycles. The first-order valence-electron chi connectivity index (χ1n) is 6.33. The van der Waals surface area contributed by atoms with Crippen molar-refractivity contribution < 1.29 is 19.7 Å². The first-order chi connectivity index (χ1) is 8.60. The Kier molecular flexibility index (Phi) is 6.42. The Balaban J connectivity index is 2.57. The van der Waals surface area contributed by atoms with Crippen LogP contribution in [-0.4, -0.2) is 59.6 Å². The summed E-state index contributed by atoms with van der Waals surface area (Å²) in [7, 11) is 1.78. The largest absolute Gasteiger partial charge is 0.465 e. The highest BCUT2D eigenvalue weighted by Crippen LogP contribution is 2.42. The number of ether oxygens (including phenoxy) is 1. The molecule has 1 fully saturated rings. The number of thioether (sulfide) groups is 1. The molecule has 5 nitrogen and oxygen atoms in total. The van der Waals surface area contributed by atoms with Gasteiger partial charge in [0.2, 0.25) is 0 Å². The molecule has 1 rings (SSSR count). The lowest BCUT2D eigenvalue weighted by Gasteiger charge is -2.31. The van der Waals surface area contributed by atoms with E-state index in [4.69, 9.17) is 9.84 Å². The highest BCUT2D eigenvalue weighted by Gasteiger charge is 2.50. The fourth-order valence-electron chi connectivity index (χ4n) is 1.97. The van der Waals surface area contributed by atoms with Crippen molar-refractivity contribution in [2.75, 3.05) is 31.8 Å². The number of rotatable bonds is 9. The molecule has 0 aromatic rings. The zero-order valence-electron chi connectivity index (χ0n) is 11.0. The predicted molar refractivity (Wildman–Crippen MR) is 71.6 cm³/mol. The molecule has 1 aliphatic rings. The summed E-state index contributed by atoms with van der Waals surface area (Å²) in [5.74, 6) is 1.09. The van der Waals surface area contributed by atoms with Crippen molar-refractivity contribution in [2.24, 2.45) is 5.92 Å². The summed E-state index contributed by atoms with van der Waals surface area (Å²) in [6, 6.07) is 0. The number of hydrogen-bond donors (Lipinski definition) is 3. The van der Waals surface area contributed by atoms with Gasteiger partial charge in [0.05, 0.1) is 19.3 Å². The van der Waals surface area contributed by atoms with Gasteiger partial charge < -0.3 is 20.3 Å². The van der Waals surface area contributed by atoms with Gasteiger partial charge in [-0.2, -0.15) is 11.8 Å². The Morgan fingerprint density at radius 1 is 1.61 bits per heavy atom. The van der Waals surface area contributed by atoms with Gasteiger partial charge in [-0.15, -0.1) is 0 Å². The molecule has 2 atom stereocenters. The Morgan fingerprint density at radius 3 is 2.72 bits per heavy atom. The van der Waals surface area contributed by atoms with Crippen LogP contribution in [-0.2, 0) is 9.53 Å². The quantitative estimate of drug-likeness (QED) is 0.515. The van der Waals surface area contributed by atoms with Gasteiger partial charge in [0.15, 0.2) is 0 Å². The average Bonchev–Trinajstić information content (AvgIpc) is 3.19. The fraction of sp³-hybridized carbons (Fsp3) is 0.917. The van der Waals surface area contributed by atoms with Gasteiger partial charge in [-0.25, -0.2) is 0 Å². The molecule has 106 valence electrons. The summed E-state index contributed by atoms with van der Waals surface area (Å²) in [5.41, 5.74) is -0.643. The number of nitrogens with one attached hydrogen (secondary N) is 1. The molecule has 0 aromatic heterocycles. The molecule has 18 heavy (non-hydrogen) atoms. The molecule has 0 amide bonds. The van der Waals surface area contributed by atoms with Gasteiger partial charge in [0.25, 0.3) is 0 Å². The lowest BCUT2D eigenvalue weighted by molar-refractivity contribution is -0.151. The lowest BCUT2D eigenvalue weighted by Crippen LogP contribution is -2.55. The number of carbonyl (C=O) groups excluding carboxylic acids is 1. The van der Waals surface area contributed by atoms with E-state index in [0.29, 0.717) is 24.0 Å². The maximum Gasteiger partial charge on any atom is 0.327 e. The third-order valence-corrected chi connectivity index (χ3v) is 4.49. The summed E-state index contributed by atoms with van der Waals surface area (Å²) in [6.45, 7) is 1.93. The summed E-state index contributed by atoms with van der Waals surface area (Å²) < 4.78 is 5.16. The normalized spacial score (nSPS) is 20.2. The highest BCUT2D eigenvalue weighted by atomic mass is 32.2. The average molecular weight is 277 g/mol. The second-order valence-corrected chi connectivity index (χ2v) is 5.60. The van der Waals surface area contributed by atoms with Gasteiger partial charge in [-0.1, -0.05) is 0 Å². The van der Waals surface area contributed by atoms with Crippen molar-refractivity contribution in [3.8, 4) is 0 Å². The molecule has 0 bridgehead atoms. The van der Waals surface area contributed by atoms with E-state index in [1.165, 1.54) is 11.8 Å². The Labute approximate surface area is 112 Å². The standard InChI is InChI=1S/C12H23NO4S/c1-3-17-11(16)12(13-2,9-4-5-9)8-18-7-10(15)6-14/h9-10,13-15H,3-8H2,1-2H3. The molecule has 6 heteroatoms. The lowest BCUT2D eigenvalue weighted by atomic mass is 9.96. The topological polar surface area (TPSA) is 78.8 Å².